The molecule has 0 spiro atoms. The minimum atomic E-state index is -3.96. The number of carboxylic acid groups (broad SMARTS) is 1. The topological polar surface area (TPSA) is 107 Å². The van der Waals surface area contributed by atoms with Gasteiger partial charge in [0.05, 0.1) is 5.69 Å². The van der Waals surface area contributed by atoms with E-state index in [1.807, 2.05) is 13.8 Å². The fourth-order valence-electron chi connectivity index (χ4n) is 1.41. The standard InChI is InChI=1S/C12H18N2O5S/c1-9(2)7-13-20(18,19)14(8-12(16)17)10-3-5-11(15)6-4-10/h3-6,9,13,15H,7-8H2,1-2H3,(H,16,17). The molecule has 0 unspecified atom stereocenters. The first-order valence-corrected chi connectivity index (χ1v) is 7.44. The third-order valence-corrected chi connectivity index (χ3v) is 3.83. The molecule has 1 aromatic rings. The van der Waals surface area contributed by atoms with Gasteiger partial charge in [-0.25, -0.2) is 4.31 Å². The summed E-state index contributed by atoms with van der Waals surface area (Å²) in [5.74, 6) is -1.21. The van der Waals surface area contributed by atoms with Crippen LogP contribution in [0, 0.1) is 5.92 Å². The van der Waals surface area contributed by atoms with Crippen LogP contribution in [0.1, 0.15) is 13.8 Å². The largest absolute Gasteiger partial charge is 0.508 e. The van der Waals surface area contributed by atoms with Gasteiger partial charge in [-0.15, -0.1) is 0 Å². The van der Waals surface area contributed by atoms with Crippen molar-refractivity contribution in [3.8, 4) is 5.75 Å². The average molecular weight is 302 g/mol. The zero-order valence-electron chi connectivity index (χ0n) is 11.3. The molecule has 0 heterocycles. The van der Waals surface area contributed by atoms with E-state index in [4.69, 9.17) is 5.11 Å². The van der Waals surface area contributed by atoms with Crippen LogP contribution in [0.4, 0.5) is 5.69 Å². The molecule has 0 aliphatic carbocycles. The number of rotatable bonds is 7. The Balaban J connectivity index is 3.05. The predicted octanol–water partition coefficient (Wildman–Crippen LogP) is 0.774. The van der Waals surface area contributed by atoms with Crippen LogP contribution in [0.25, 0.3) is 0 Å². The molecule has 0 radical (unpaired) electrons. The second-order valence-corrected chi connectivity index (χ2v) is 6.34. The summed E-state index contributed by atoms with van der Waals surface area (Å²) in [6.07, 6.45) is 0. The maximum absolute atomic E-state index is 12.1. The Morgan fingerprint density at radius 2 is 1.85 bits per heavy atom. The zero-order valence-corrected chi connectivity index (χ0v) is 12.1. The molecular formula is C12H18N2O5S. The summed E-state index contributed by atoms with van der Waals surface area (Å²) in [6.45, 7) is 3.18. The van der Waals surface area contributed by atoms with Gasteiger partial charge in [-0.3, -0.25) is 4.79 Å². The maximum atomic E-state index is 12.1. The van der Waals surface area contributed by atoms with Crippen LogP contribution in [0.15, 0.2) is 24.3 Å². The molecule has 0 aliphatic rings. The Labute approximate surface area is 118 Å². The molecule has 20 heavy (non-hydrogen) atoms. The molecule has 0 aromatic heterocycles. The summed E-state index contributed by atoms with van der Waals surface area (Å²) in [6, 6.07) is 5.27. The molecule has 1 aromatic carbocycles. The second-order valence-electron chi connectivity index (χ2n) is 4.66. The molecule has 8 heteroatoms. The number of carboxylic acids is 1. The molecule has 0 fully saturated rings. The molecule has 0 atom stereocenters. The van der Waals surface area contributed by atoms with Crippen LogP contribution < -0.4 is 9.03 Å². The highest BCUT2D eigenvalue weighted by atomic mass is 32.2. The van der Waals surface area contributed by atoms with E-state index >= 15 is 0 Å². The van der Waals surface area contributed by atoms with Crippen LogP contribution in [0.3, 0.4) is 0 Å². The Morgan fingerprint density at radius 1 is 1.30 bits per heavy atom. The van der Waals surface area contributed by atoms with Crippen LogP contribution in [0.2, 0.25) is 0 Å². The van der Waals surface area contributed by atoms with Gasteiger partial charge in [0.2, 0.25) is 0 Å². The van der Waals surface area contributed by atoms with Gasteiger partial charge in [0.1, 0.15) is 12.3 Å². The van der Waals surface area contributed by atoms with Crippen molar-refractivity contribution in [1.29, 1.82) is 0 Å². The van der Waals surface area contributed by atoms with Crippen LogP contribution in [0.5, 0.6) is 5.75 Å². The van der Waals surface area contributed by atoms with E-state index in [-0.39, 0.29) is 23.9 Å². The second kappa shape index (κ2) is 6.58. The molecule has 0 amide bonds. The smallest absolute Gasteiger partial charge is 0.324 e. The summed E-state index contributed by atoms with van der Waals surface area (Å²) in [7, 11) is -3.96. The lowest BCUT2D eigenvalue weighted by atomic mass is 10.2. The van der Waals surface area contributed by atoms with Crippen LogP contribution in [-0.2, 0) is 15.0 Å². The fraction of sp³-hybridized carbons (Fsp3) is 0.417. The van der Waals surface area contributed by atoms with Gasteiger partial charge in [0.15, 0.2) is 0 Å². The van der Waals surface area contributed by atoms with Gasteiger partial charge in [0, 0.05) is 6.54 Å². The number of aliphatic carboxylic acids is 1. The summed E-state index contributed by atoms with van der Waals surface area (Å²) in [5.41, 5.74) is 0.168. The highest BCUT2D eigenvalue weighted by Gasteiger charge is 2.24. The third kappa shape index (κ3) is 4.71. The van der Waals surface area contributed by atoms with Crippen molar-refractivity contribution >= 4 is 21.9 Å². The third-order valence-electron chi connectivity index (χ3n) is 2.38. The number of nitrogens with zero attached hydrogens (tertiary/aromatic N) is 1. The Kier molecular flexibility index (Phi) is 5.34. The summed E-state index contributed by atoms with van der Waals surface area (Å²) in [4.78, 5) is 10.9. The van der Waals surface area contributed by atoms with Gasteiger partial charge in [-0.05, 0) is 30.2 Å². The van der Waals surface area contributed by atoms with E-state index < -0.39 is 22.7 Å². The predicted molar refractivity (Wildman–Crippen MR) is 74.8 cm³/mol. The molecule has 0 saturated carbocycles. The monoisotopic (exact) mass is 302 g/mol. The van der Waals surface area contributed by atoms with E-state index in [2.05, 4.69) is 4.72 Å². The molecule has 3 N–H and O–H groups in total. The SMILES string of the molecule is CC(C)CNS(=O)(=O)N(CC(=O)O)c1ccc(O)cc1. The number of phenols is 1. The number of phenolic OH excluding ortho intramolecular Hbond substituents is 1. The Hall–Kier alpha value is -1.80. The summed E-state index contributed by atoms with van der Waals surface area (Å²) in [5, 5.41) is 18.1. The zero-order chi connectivity index (χ0) is 15.3. The van der Waals surface area contributed by atoms with E-state index in [0.29, 0.717) is 0 Å². The van der Waals surface area contributed by atoms with Gasteiger partial charge < -0.3 is 10.2 Å². The molecule has 7 nitrogen and oxygen atoms in total. The minimum Gasteiger partial charge on any atom is -0.508 e. The highest BCUT2D eigenvalue weighted by Crippen LogP contribution is 2.20. The fourth-order valence-corrected chi connectivity index (χ4v) is 2.79. The van der Waals surface area contributed by atoms with Gasteiger partial charge in [-0.1, -0.05) is 13.8 Å². The number of benzene rings is 1. The lowest BCUT2D eigenvalue weighted by Crippen LogP contribution is -2.44. The summed E-state index contributed by atoms with van der Waals surface area (Å²) < 4.78 is 27.4. The molecule has 112 valence electrons. The first-order chi connectivity index (χ1) is 9.22. The molecule has 0 saturated heterocycles. The van der Waals surface area contributed by atoms with E-state index in [9.17, 15) is 18.3 Å². The number of hydrogen-bond acceptors (Lipinski definition) is 4. The molecule has 0 aliphatic heterocycles. The van der Waals surface area contributed by atoms with E-state index in [1.165, 1.54) is 24.3 Å². The first-order valence-electron chi connectivity index (χ1n) is 6.00. The van der Waals surface area contributed by atoms with Crippen molar-refractivity contribution in [2.75, 3.05) is 17.4 Å². The van der Waals surface area contributed by atoms with Crippen molar-refractivity contribution < 1.29 is 23.4 Å². The summed E-state index contributed by atoms with van der Waals surface area (Å²) >= 11 is 0. The van der Waals surface area contributed by atoms with Crippen molar-refractivity contribution in [2.24, 2.45) is 5.92 Å². The molecule has 1 rings (SSSR count). The molecule has 0 bridgehead atoms. The van der Waals surface area contributed by atoms with Crippen LogP contribution >= 0.6 is 0 Å². The van der Waals surface area contributed by atoms with Crippen molar-refractivity contribution in [1.82, 2.24) is 4.72 Å². The van der Waals surface area contributed by atoms with E-state index in [1.54, 1.807) is 0 Å². The number of hydrogen-bond donors (Lipinski definition) is 3. The normalized spacial score (nSPS) is 11.6. The lowest BCUT2D eigenvalue weighted by Gasteiger charge is -2.23. The maximum Gasteiger partial charge on any atom is 0.324 e. The lowest BCUT2D eigenvalue weighted by molar-refractivity contribution is -0.135. The van der Waals surface area contributed by atoms with Gasteiger partial charge in [-0.2, -0.15) is 13.1 Å². The van der Waals surface area contributed by atoms with Crippen molar-refractivity contribution in [3.63, 3.8) is 0 Å². The Bertz CT molecular complexity index is 554. The Morgan fingerprint density at radius 3 is 2.30 bits per heavy atom. The van der Waals surface area contributed by atoms with Gasteiger partial charge >= 0.3 is 16.2 Å². The van der Waals surface area contributed by atoms with Gasteiger partial charge in [0.25, 0.3) is 0 Å². The number of nitrogens with one attached hydrogen (secondary N) is 1. The number of aromatic hydroxyl groups is 1. The number of carbonyl (C=O) groups is 1. The molecular weight excluding hydrogens is 284 g/mol. The van der Waals surface area contributed by atoms with Crippen LogP contribution in [-0.4, -0.2) is 37.7 Å². The minimum absolute atomic E-state index is 0.0310. The van der Waals surface area contributed by atoms with Crippen molar-refractivity contribution in [3.05, 3.63) is 24.3 Å². The van der Waals surface area contributed by atoms with E-state index in [0.717, 1.165) is 4.31 Å². The average Bonchev–Trinajstić information content (AvgIpc) is 2.35. The number of anilines is 1. The highest BCUT2D eigenvalue weighted by molar-refractivity contribution is 7.90. The quantitative estimate of drug-likeness (QED) is 0.690. The van der Waals surface area contributed by atoms with Crippen molar-refractivity contribution in [2.45, 2.75) is 13.8 Å². The first kappa shape index (κ1) is 16.3.